The van der Waals surface area contributed by atoms with Crippen molar-refractivity contribution in [3.8, 4) is 0 Å². The van der Waals surface area contributed by atoms with Gasteiger partial charge in [-0.2, -0.15) is 11.8 Å². The first-order chi connectivity index (χ1) is 14.6. The van der Waals surface area contributed by atoms with Crippen molar-refractivity contribution in [2.45, 2.75) is 30.9 Å². The second-order valence-electron chi connectivity index (χ2n) is 7.81. The van der Waals surface area contributed by atoms with Crippen molar-refractivity contribution >= 4 is 31.5 Å². The number of carbonyl (C=O) groups excluding carboxylic acids is 2. The molecule has 3 unspecified atom stereocenters. The SMILES string of the molecule is [B][C@@H]1OCC2(CC(=O)OCc3ccccc3)CSC1C2C(=O)OCc1ccccc1. The zero-order valence-corrected chi connectivity index (χ0v) is 17.4. The highest BCUT2D eigenvalue weighted by atomic mass is 32.2. The van der Waals surface area contributed by atoms with Gasteiger partial charge in [0.2, 0.25) is 0 Å². The Bertz CT molecular complexity index is 878. The normalized spacial score (nSPS) is 27.4. The van der Waals surface area contributed by atoms with Crippen LogP contribution in [0.3, 0.4) is 0 Å². The van der Waals surface area contributed by atoms with Crippen LogP contribution in [-0.4, -0.2) is 43.4 Å². The highest BCUT2D eigenvalue weighted by Gasteiger charge is 2.59. The van der Waals surface area contributed by atoms with E-state index in [1.807, 2.05) is 60.7 Å². The van der Waals surface area contributed by atoms with Crippen molar-refractivity contribution in [1.29, 1.82) is 0 Å². The summed E-state index contributed by atoms with van der Waals surface area (Å²) in [6, 6.07) is 18.5. The molecule has 0 saturated carbocycles. The van der Waals surface area contributed by atoms with Gasteiger partial charge in [-0.05, 0) is 11.1 Å². The molecule has 4 rings (SSSR count). The number of rotatable bonds is 7. The highest BCUT2D eigenvalue weighted by Crippen LogP contribution is 2.53. The smallest absolute Gasteiger partial charge is 0.311 e. The van der Waals surface area contributed by atoms with Crippen molar-refractivity contribution in [3.05, 3.63) is 71.8 Å². The summed E-state index contributed by atoms with van der Waals surface area (Å²) < 4.78 is 16.8. The van der Waals surface area contributed by atoms with Crippen LogP contribution in [0.15, 0.2) is 60.7 Å². The Morgan fingerprint density at radius 3 is 2.23 bits per heavy atom. The maximum Gasteiger partial charge on any atom is 0.311 e. The molecule has 30 heavy (non-hydrogen) atoms. The van der Waals surface area contributed by atoms with Gasteiger partial charge in [0.15, 0.2) is 0 Å². The largest absolute Gasteiger partial charge is 0.461 e. The lowest BCUT2D eigenvalue weighted by Gasteiger charge is -2.41. The minimum absolute atomic E-state index is 0.0984. The molecule has 2 fully saturated rings. The summed E-state index contributed by atoms with van der Waals surface area (Å²) in [5.74, 6) is -0.570. The number of carbonyl (C=O) groups is 2. The van der Waals surface area contributed by atoms with Gasteiger partial charge >= 0.3 is 11.9 Å². The van der Waals surface area contributed by atoms with E-state index in [9.17, 15) is 9.59 Å². The lowest BCUT2D eigenvalue weighted by Crippen LogP contribution is -2.52. The van der Waals surface area contributed by atoms with E-state index in [1.165, 1.54) is 0 Å². The molecule has 7 heteroatoms. The Kier molecular flexibility index (Phi) is 6.49. The van der Waals surface area contributed by atoms with E-state index in [4.69, 9.17) is 22.1 Å². The molecule has 2 aromatic carbocycles. The van der Waals surface area contributed by atoms with Crippen molar-refractivity contribution in [3.63, 3.8) is 0 Å². The maximum absolute atomic E-state index is 13.0. The zero-order chi connectivity index (χ0) is 21.0. The third kappa shape index (κ3) is 4.57. The topological polar surface area (TPSA) is 61.8 Å². The summed E-state index contributed by atoms with van der Waals surface area (Å²) in [6.07, 6.45) is 0.0984. The number of thioether (sulfide) groups is 1. The Morgan fingerprint density at radius 1 is 1.00 bits per heavy atom. The van der Waals surface area contributed by atoms with E-state index in [0.717, 1.165) is 11.1 Å². The molecule has 2 radical (unpaired) electrons. The van der Waals surface area contributed by atoms with E-state index in [-0.39, 0.29) is 43.4 Å². The third-order valence-corrected chi connectivity index (χ3v) is 7.32. The number of ether oxygens (including phenoxy) is 3. The van der Waals surface area contributed by atoms with E-state index >= 15 is 0 Å². The molecule has 2 heterocycles. The standard InChI is InChI=1S/C23H23BO5S/c24-21-20-19(22(26)28-13-17-9-5-2-6-10-17)23(14-29-21,15-30-20)11-18(25)27-12-16-7-3-1-4-8-16/h1-10,19-21H,11-15H2/t19?,20?,21-,23?/m1/s1. The predicted octanol–water partition coefficient (Wildman–Crippen LogP) is 3.11. The molecule has 154 valence electrons. The van der Waals surface area contributed by atoms with Crippen LogP contribution in [0.5, 0.6) is 0 Å². The molecule has 0 aliphatic carbocycles. The summed E-state index contributed by atoms with van der Waals surface area (Å²) in [7, 11) is 6.11. The molecule has 2 saturated heterocycles. The first-order valence-electron chi connectivity index (χ1n) is 9.96. The molecule has 0 spiro atoms. The highest BCUT2D eigenvalue weighted by molar-refractivity contribution is 8.00. The minimum atomic E-state index is -0.660. The van der Waals surface area contributed by atoms with Crippen LogP contribution in [0.1, 0.15) is 17.5 Å². The van der Waals surface area contributed by atoms with Crippen molar-refractivity contribution < 1.29 is 23.8 Å². The molecule has 4 atom stereocenters. The van der Waals surface area contributed by atoms with E-state index < -0.39 is 17.3 Å². The van der Waals surface area contributed by atoms with Crippen LogP contribution >= 0.6 is 11.8 Å². The number of hydrogen-bond acceptors (Lipinski definition) is 6. The average molecular weight is 422 g/mol. The van der Waals surface area contributed by atoms with Crippen molar-refractivity contribution in [2.75, 3.05) is 12.4 Å². The summed E-state index contributed by atoms with van der Waals surface area (Å²) in [4.78, 5) is 25.7. The zero-order valence-electron chi connectivity index (χ0n) is 16.6. The van der Waals surface area contributed by atoms with Crippen molar-refractivity contribution in [2.24, 2.45) is 11.3 Å². The number of esters is 2. The lowest BCUT2D eigenvalue weighted by molar-refractivity contribution is -0.166. The fourth-order valence-electron chi connectivity index (χ4n) is 4.06. The maximum atomic E-state index is 13.0. The Labute approximate surface area is 181 Å². The van der Waals surface area contributed by atoms with Crippen molar-refractivity contribution in [1.82, 2.24) is 0 Å². The van der Waals surface area contributed by atoms with Gasteiger partial charge in [-0.25, -0.2) is 0 Å². The first-order valence-corrected chi connectivity index (χ1v) is 11.0. The lowest BCUT2D eigenvalue weighted by atomic mass is 9.68. The molecule has 0 N–H and O–H groups in total. The minimum Gasteiger partial charge on any atom is -0.461 e. The molecule has 2 aromatic rings. The molecule has 2 aliphatic heterocycles. The summed E-state index contributed by atoms with van der Waals surface area (Å²) in [5, 5.41) is -0.232. The first kappa shape index (κ1) is 21.0. The average Bonchev–Trinajstić information content (AvgIpc) is 3.07. The fraction of sp³-hybridized carbons (Fsp3) is 0.391. The van der Waals surface area contributed by atoms with Gasteiger partial charge in [-0.1, -0.05) is 60.7 Å². The Balaban J connectivity index is 1.42. The molecule has 2 bridgehead atoms. The molecule has 0 amide bonds. The van der Waals surface area contributed by atoms with Gasteiger partial charge in [0, 0.05) is 22.4 Å². The van der Waals surface area contributed by atoms with Gasteiger partial charge < -0.3 is 14.2 Å². The van der Waals surface area contributed by atoms with Gasteiger partial charge in [-0.15, -0.1) is 0 Å². The second kappa shape index (κ2) is 9.27. The molecule has 0 aromatic heterocycles. The van der Waals surface area contributed by atoms with Crippen LogP contribution < -0.4 is 0 Å². The molecule has 2 aliphatic rings. The third-order valence-electron chi connectivity index (χ3n) is 5.66. The Hall–Kier alpha value is -2.25. The number of fused-ring (bicyclic) bond motifs is 2. The van der Waals surface area contributed by atoms with Crippen LogP contribution in [0.25, 0.3) is 0 Å². The summed E-state index contributed by atoms with van der Waals surface area (Å²) in [6.45, 7) is 0.636. The van der Waals surface area contributed by atoms with Gasteiger partial charge in [0.05, 0.1) is 18.9 Å². The van der Waals surface area contributed by atoms with Crippen LogP contribution in [-0.2, 0) is 37.0 Å². The van der Waals surface area contributed by atoms with E-state index in [0.29, 0.717) is 5.75 Å². The van der Waals surface area contributed by atoms with Gasteiger partial charge in [-0.3, -0.25) is 9.59 Å². The van der Waals surface area contributed by atoms with Crippen LogP contribution in [0.4, 0.5) is 0 Å². The van der Waals surface area contributed by atoms with E-state index in [2.05, 4.69) is 0 Å². The quantitative estimate of drug-likeness (QED) is 0.505. The number of benzene rings is 2. The fourth-order valence-corrected chi connectivity index (χ4v) is 5.81. The van der Waals surface area contributed by atoms with Crippen LogP contribution in [0, 0.1) is 11.3 Å². The molecule has 5 nitrogen and oxygen atoms in total. The molecular weight excluding hydrogens is 399 g/mol. The molecular formula is C23H23BO5S. The summed E-state index contributed by atoms with van der Waals surface area (Å²) >= 11 is 1.58. The van der Waals surface area contributed by atoms with Crippen LogP contribution in [0.2, 0.25) is 0 Å². The number of hydrogen-bond donors (Lipinski definition) is 0. The van der Waals surface area contributed by atoms with Gasteiger partial charge in [0.25, 0.3) is 0 Å². The second-order valence-corrected chi connectivity index (χ2v) is 8.97. The predicted molar refractivity (Wildman–Crippen MR) is 115 cm³/mol. The van der Waals surface area contributed by atoms with Gasteiger partial charge in [0.1, 0.15) is 21.1 Å². The monoisotopic (exact) mass is 422 g/mol. The summed E-state index contributed by atoms with van der Waals surface area (Å²) in [5.41, 5.74) is 1.17. The van der Waals surface area contributed by atoms with E-state index in [1.54, 1.807) is 11.8 Å². The Morgan fingerprint density at radius 2 is 1.60 bits per heavy atom.